The zero-order valence-corrected chi connectivity index (χ0v) is 20.9. The molecule has 1 aliphatic rings. The van der Waals surface area contributed by atoms with Crippen LogP contribution in [-0.4, -0.2) is 53.9 Å². The van der Waals surface area contributed by atoms with E-state index in [1.807, 2.05) is 48.8 Å². The fourth-order valence-corrected chi connectivity index (χ4v) is 4.83. The molecule has 3 heterocycles. The van der Waals surface area contributed by atoms with Crippen LogP contribution in [0.3, 0.4) is 0 Å². The Hall–Kier alpha value is -3.40. The smallest absolute Gasteiger partial charge is 0.323 e. The second-order valence-electron chi connectivity index (χ2n) is 8.19. The average Bonchev–Trinajstić information content (AvgIpc) is 3.30. The largest absolute Gasteiger partial charge is 0.495 e. The first-order chi connectivity index (χ1) is 17.1. The minimum absolute atomic E-state index is 0.00518. The normalized spacial score (nSPS) is 15.0. The van der Waals surface area contributed by atoms with E-state index in [-0.39, 0.29) is 12.2 Å². The summed E-state index contributed by atoms with van der Waals surface area (Å²) in [7, 11) is 1.57. The van der Waals surface area contributed by atoms with Gasteiger partial charge in [-0.25, -0.2) is 4.79 Å². The molecule has 180 valence electrons. The van der Waals surface area contributed by atoms with Crippen molar-refractivity contribution in [1.29, 1.82) is 0 Å². The molecule has 35 heavy (non-hydrogen) atoms. The predicted octanol–water partition coefficient (Wildman–Crippen LogP) is 5.33. The van der Waals surface area contributed by atoms with E-state index in [4.69, 9.17) is 9.47 Å². The van der Waals surface area contributed by atoms with Crippen molar-refractivity contribution in [3.05, 3.63) is 83.2 Å². The first kappa shape index (κ1) is 23.3. The number of nitrogens with zero attached hydrogens (tertiary/aromatic N) is 3. The number of hydrogen-bond donors (Lipinski definition) is 2. The lowest BCUT2D eigenvalue weighted by atomic mass is 10.1. The van der Waals surface area contributed by atoms with Crippen LogP contribution in [0.4, 0.5) is 16.2 Å². The highest BCUT2D eigenvalue weighted by Gasteiger charge is 2.25. The Balaban J connectivity index is 1.45. The van der Waals surface area contributed by atoms with Crippen molar-refractivity contribution in [1.82, 2.24) is 14.5 Å². The predicted molar refractivity (Wildman–Crippen MR) is 140 cm³/mol. The van der Waals surface area contributed by atoms with Crippen LogP contribution in [0.15, 0.2) is 77.7 Å². The Morgan fingerprint density at radius 1 is 1.06 bits per heavy atom. The van der Waals surface area contributed by atoms with E-state index in [2.05, 4.69) is 53.3 Å². The number of urea groups is 1. The van der Waals surface area contributed by atoms with Crippen molar-refractivity contribution in [2.75, 3.05) is 44.0 Å². The molecule has 0 saturated carbocycles. The van der Waals surface area contributed by atoms with Gasteiger partial charge in [0.05, 0.1) is 37.2 Å². The second kappa shape index (κ2) is 10.5. The number of carbonyl (C=O) groups excluding carboxylic acids is 1. The number of methoxy groups -OCH3 is 1. The molecular weight excluding hydrogens is 510 g/mol. The van der Waals surface area contributed by atoms with Gasteiger partial charge in [0.25, 0.3) is 0 Å². The maximum absolute atomic E-state index is 12.9. The summed E-state index contributed by atoms with van der Waals surface area (Å²) in [6, 6.07) is 17.2. The molecule has 2 aromatic carbocycles. The highest BCUT2D eigenvalue weighted by atomic mass is 79.9. The summed E-state index contributed by atoms with van der Waals surface area (Å²) in [5, 5.41) is 6.83. The van der Waals surface area contributed by atoms with Crippen LogP contribution in [0.25, 0.3) is 10.9 Å². The summed E-state index contributed by atoms with van der Waals surface area (Å²) < 4.78 is 14.1. The molecule has 0 bridgehead atoms. The van der Waals surface area contributed by atoms with Crippen molar-refractivity contribution < 1.29 is 14.3 Å². The molecule has 0 spiro atoms. The van der Waals surface area contributed by atoms with Crippen molar-refractivity contribution in [3.8, 4) is 5.75 Å². The van der Waals surface area contributed by atoms with Gasteiger partial charge in [0.15, 0.2) is 0 Å². The van der Waals surface area contributed by atoms with E-state index in [9.17, 15) is 4.79 Å². The van der Waals surface area contributed by atoms with Gasteiger partial charge in [0, 0.05) is 41.5 Å². The minimum Gasteiger partial charge on any atom is -0.495 e. The number of fused-ring (bicyclic) bond motifs is 1. The van der Waals surface area contributed by atoms with Gasteiger partial charge in [-0.3, -0.25) is 9.88 Å². The fraction of sp³-hybridized carbons (Fsp3) is 0.231. The summed E-state index contributed by atoms with van der Waals surface area (Å²) in [4.78, 5) is 19.5. The second-order valence-corrected chi connectivity index (χ2v) is 9.10. The molecule has 1 atom stereocenters. The number of benzene rings is 2. The lowest BCUT2D eigenvalue weighted by Crippen LogP contribution is -2.41. The van der Waals surface area contributed by atoms with Crippen molar-refractivity contribution in [2.45, 2.75) is 6.17 Å². The number of hydrogen-bond acceptors (Lipinski definition) is 5. The molecule has 1 fully saturated rings. The first-order valence-corrected chi connectivity index (χ1v) is 12.2. The molecule has 1 aliphatic heterocycles. The zero-order valence-electron chi connectivity index (χ0n) is 19.3. The van der Waals surface area contributed by atoms with Crippen LogP contribution in [0.1, 0.15) is 11.7 Å². The Morgan fingerprint density at radius 2 is 1.83 bits per heavy atom. The maximum atomic E-state index is 12.9. The summed E-state index contributed by atoms with van der Waals surface area (Å²) >= 11 is 3.44. The lowest BCUT2D eigenvalue weighted by Gasteiger charge is -2.36. The zero-order chi connectivity index (χ0) is 24.2. The third-order valence-corrected chi connectivity index (χ3v) is 6.57. The van der Waals surface area contributed by atoms with Crippen LogP contribution >= 0.6 is 15.9 Å². The van der Waals surface area contributed by atoms with E-state index >= 15 is 0 Å². The third-order valence-electron chi connectivity index (χ3n) is 6.08. The van der Waals surface area contributed by atoms with Crippen LogP contribution < -0.4 is 15.4 Å². The highest BCUT2D eigenvalue weighted by Crippen LogP contribution is 2.32. The lowest BCUT2D eigenvalue weighted by molar-refractivity contribution is 0.0104. The molecule has 1 unspecified atom stereocenters. The topological polar surface area (TPSA) is 80.7 Å². The molecule has 2 amide bonds. The van der Waals surface area contributed by atoms with Gasteiger partial charge in [-0.15, -0.1) is 0 Å². The number of anilines is 2. The molecule has 5 rings (SSSR count). The van der Waals surface area contributed by atoms with Crippen LogP contribution in [0.5, 0.6) is 5.75 Å². The monoisotopic (exact) mass is 535 g/mol. The van der Waals surface area contributed by atoms with Gasteiger partial charge in [0.2, 0.25) is 0 Å². The maximum Gasteiger partial charge on any atom is 0.323 e. The molecule has 8 nitrogen and oxygen atoms in total. The van der Waals surface area contributed by atoms with E-state index in [1.165, 1.54) is 0 Å². The SMILES string of the molecule is COc1ccc(Br)cc1NC(=O)Nc1cccc2c1ccn2C(c1ccncc1)N1CCOCC1. The molecule has 1 saturated heterocycles. The fourth-order valence-electron chi connectivity index (χ4n) is 4.47. The van der Waals surface area contributed by atoms with Gasteiger partial charge >= 0.3 is 6.03 Å². The number of aromatic nitrogens is 2. The van der Waals surface area contributed by atoms with Crippen LogP contribution in [-0.2, 0) is 4.74 Å². The number of ether oxygens (including phenoxy) is 2. The Bertz CT molecular complexity index is 1320. The van der Waals surface area contributed by atoms with Crippen molar-refractivity contribution in [2.24, 2.45) is 0 Å². The van der Waals surface area contributed by atoms with Gasteiger partial charge in [-0.1, -0.05) is 22.0 Å². The number of nitrogens with one attached hydrogen (secondary N) is 2. The first-order valence-electron chi connectivity index (χ1n) is 11.4. The molecule has 9 heteroatoms. The third kappa shape index (κ3) is 5.02. The number of rotatable bonds is 6. The summed E-state index contributed by atoms with van der Waals surface area (Å²) in [5.41, 5.74) is 3.48. The van der Waals surface area contributed by atoms with Gasteiger partial charge < -0.3 is 24.7 Å². The Kier molecular flexibility index (Phi) is 6.98. The number of carbonyl (C=O) groups is 1. The number of pyridine rings is 1. The Labute approximate surface area is 212 Å². The summed E-state index contributed by atoms with van der Waals surface area (Å²) in [6.07, 6.45) is 5.71. The van der Waals surface area contributed by atoms with Crippen LogP contribution in [0, 0.1) is 0 Å². The van der Waals surface area contributed by atoms with Gasteiger partial charge in [-0.2, -0.15) is 0 Å². The van der Waals surface area contributed by atoms with Crippen molar-refractivity contribution in [3.63, 3.8) is 0 Å². The standard InChI is InChI=1S/C26H26BrN5O3/c1-34-24-6-5-19(27)17-22(24)30-26(33)29-21-3-2-4-23-20(21)9-12-32(23)25(18-7-10-28-11-8-18)31-13-15-35-16-14-31/h2-12,17,25H,13-16H2,1H3,(H2,29,30,33). The molecule has 0 aliphatic carbocycles. The van der Waals surface area contributed by atoms with E-state index in [0.717, 1.165) is 39.7 Å². The summed E-state index contributed by atoms with van der Waals surface area (Å²) in [5.74, 6) is 0.582. The molecular formula is C26H26BrN5O3. The summed E-state index contributed by atoms with van der Waals surface area (Å²) in [6.45, 7) is 3.07. The number of halogens is 1. The molecule has 2 N–H and O–H groups in total. The molecule has 2 aromatic heterocycles. The molecule has 4 aromatic rings. The van der Waals surface area contributed by atoms with Crippen LogP contribution in [0.2, 0.25) is 0 Å². The average molecular weight is 536 g/mol. The van der Waals surface area contributed by atoms with Gasteiger partial charge in [0.1, 0.15) is 11.9 Å². The van der Waals surface area contributed by atoms with Crippen molar-refractivity contribution >= 4 is 44.2 Å². The van der Waals surface area contributed by atoms with Gasteiger partial charge in [-0.05, 0) is 54.1 Å². The van der Waals surface area contributed by atoms with E-state index in [0.29, 0.717) is 24.7 Å². The number of morpholine rings is 1. The molecule has 0 radical (unpaired) electrons. The quantitative estimate of drug-likeness (QED) is 0.348. The highest BCUT2D eigenvalue weighted by molar-refractivity contribution is 9.10. The Morgan fingerprint density at radius 3 is 2.60 bits per heavy atom. The van der Waals surface area contributed by atoms with E-state index < -0.39 is 0 Å². The number of amides is 2. The minimum atomic E-state index is -0.347. The van der Waals surface area contributed by atoms with E-state index in [1.54, 1.807) is 19.2 Å².